The summed E-state index contributed by atoms with van der Waals surface area (Å²) in [4.78, 5) is 7.45. The van der Waals surface area contributed by atoms with Gasteiger partial charge in [-0.3, -0.25) is 4.90 Å². The summed E-state index contributed by atoms with van der Waals surface area (Å²) in [5.41, 5.74) is 4.67. The van der Waals surface area contributed by atoms with Crippen LogP contribution in [0.1, 0.15) is 69.8 Å². The average Bonchev–Trinajstić information content (AvgIpc) is 3.20. The minimum atomic E-state index is 0.103. The van der Waals surface area contributed by atoms with Gasteiger partial charge in [-0.15, -0.1) is 0 Å². The van der Waals surface area contributed by atoms with Crippen LogP contribution in [-0.2, 0) is 13.1 Å². The zero-order chi connectivity index (χ0) is 25.7. The van der Waals surface area contributed by atoms with E-state index >= 15 is 0 Å². The van der Waals surface area contributed by atoms with E-state index in [0.29, 0.717) is 24.3 Å². The molecular weight excluding hydrogens is 470 g/mol. The Balaban J connectivity index is 1.70. The topological polar surface area (TPSA) is 39.5 Å². The number of halogens is 1. The molecule has 1 aromatic heterocycles. The molecule has 4 rings (SSSR count). The third-order valence-corrected chi connectivity index (χ3v) is 7.29. The molecule has 1 atom stereocenters. The first-order chi connectivity index (χ1) is 17.4. The van der Waals surface area contributed by atoms with Gasteiger partial charge < -0.3 is 14.0 Å². The molecule has 0 saturated carbocycles. The van der Waals surface area contributed by atoms with Gasteiger partial charge in [0.1, 0.15) is 19.0 Å². The van der Waals surface area contributed by atoms with E-state index in [4.69, 9.17) is 26.1 Å². The third kappa shape index (κ3) is 6.07. The van der Waals surface area contributed by atoms with Gasteiger partial charge in [0.15, 0.2) is 16.7 Å². The smallest absolute Gasteiger partial charge is 0.161 e. The zero-order valence-corrected chi connectivity index (χ0v) is 23.1. The van der Waals surface area contributed by atoms with E-state index < -0.39 is 0 Å². The fourth-order valence-corrected chi connectivity index (χ4v) is 5.17. The molecule has 0 spiro atoms. The number of nitrogens with zero attached hydrogens (tertiary/aromatic N) is 3. The fraction of sp³-hybridized carbons (Fsp3) is 0.500. The number of imidazole rings is 1. The summed E-state index contributed by atoms with van der Waals surface area (Å²) >= 11 is 6.94. The Morgan fingerprint density at radius 3 is 2.53 bits per heavy atom. The quantitative estimate of drug-likeness (QED) is 0.265. The van der Waals surface area contributed by atoms with Gasteiger partial charge in [-0.05, 0) is 62.4 Å². The van der Waals surface area contributed by atoms with Gasteiger partial charge in [-0.2, -0.15) is 0 Å². The minimum absolute atomic E-state index is 0.103. The first-order valence-electron chi connectivity index (χ1n) is 13.3. The van der Waals surface area contributed by atoms with Gasteiger partial charge in [0.2, 0.25) is 0 Å². The highest BCUT2D eigenvalue weighted by Gasteiger charge is 2.27. The minimum Gasteiger partial charge on any atom is -0.486 e. The number of hydrogen-bond donors (Lipinski definition) is 0. The molecule has 5 nitrogen and oxygen atoms in total. The molecule has 1 unspecified atom stereocenters. The molecule has 2 heterocycles. The maximum absolute atomic E-state index is 6.94. The molecular formula is C30H40ClN3O2. The summed E-state index contributed by atoms with van der Waals surface area (Å²) in [7, 11) is 0. The highest BCUT2D eigenvalue weighted by atomic mass is 35.5. The summed E-state index contributed by atoms with van der Waals surface area (Å²) in [6.45, 7) is 15.1. The number of fused-ring (bicyclic) bond motifs is 1. The van der Waals surface area contributed by atoms with Crippen LogP contribution in [0.5, 0.6) is 11.5 Å². The van der Waals surface area contributed by atoms with Crippen LogP contribution >= 0.6 is 11.6 Å². The largest absolute Gasteiger partial charge is 0.486 e. The van der Waals surface area contributed by atoms with Crippen molar-refractivity contribution in [2.45, 2.75) is 73.0 Å². The van der Waals surface area contributed by atoms with E-state index in [-0.39, 0.29) is 6.04 Å². The highest BCUT2D eigenvalue weighted by molar-refractivity contribution is 6.30. The van der Waals surface area contributed by atoms with Crippen molar-refractivity contribution in [3.63, 3.8) is 0 Å². The molecule has 0 radical (unpaired) electrons. The van der Waals surface area contributed by atoms with Crippen molar-refractivity contribution >= 4 is 11.6 Å². The number of rotatable bonds is 11. The summed E-state index contributed by atoms with van der Waals surface area (Å²) in [6.07, 6.45) is 3.31. The molecule has 0 fully saturated rings. The van der Waals surface area contributed by atoms with Crippen molar-refractivity contribution < 1.29 is 9.47 Å². The van der Waals surface area contributed by atoms with E-state index in [9.17, 15) is 0 Å². The predicted octanol–water partition coefficient (Wildman–Crippen LogP) is 7.69. The van der Waals surface area contributed by atoms with E-state index in [1.54, 1.807) is 0 Å². The number of benzene rings is 2. The molecule has 3 aromatic rings. The molecule has 6 heteroatoms. The second kappa shape index (κ2) is 12.2. The lowest BCUT2D eigenvalue weighted by molar-refractivity contribution is 0.168. The van der Waals surface area contributed by atoms with Crippen LogP contribution in [-0.4, -0.2) is 34.2 Å². The lowest BCUT2D eigenvalue weighted by Crippen LogP contribution is -2.30. The van der Waals surface area contributed by atoms with E-state index in [1.807, 2.05) is 6.07 Å². The number of hydrogen-bond acceptors (Lipinski definition) is 4. The molecule has 0 bridgehead atoms. The lowest BCUT2D eigenvalue weighted by Gasteiger charge is -2.31. The molecule has 0 amide bonds. The van der Waals surface area contributed by atoms with Crippen LogP contribution in [0.4, 0.5) is 0 Å². The fourth-order valence-electron chi connectivity index (χ4n) is 4.83. The van der Waals surface area contributed by atoms with E-state index in [2.05, 4.69) is 80.5 Å². The molecule has 0 aliphatic carbocycles. The molecule has 1 aliphatic rings. The monoisotopic (exact) mass is 509 g/mol. The maximum Gasteiger partial charge on any atom is 0.161 e. The first kappa shape index (κ1) is 26.6. The normalized spacial score (nSPS) is 14.0. The van der Waals surface area contributed by atoms with E-state index in [1.165, 1.54) is 11.1 Å². The standard InChI is InChI=1S/C30H40ClN3O2/c1-6-7-15-34-28(29(31)32-30(34)25-11-9-8-10-22(25)4)23(5)33(16-14-21(2)3)20-24-12-13-26-27(19-24)36-18-17-35-26/h8-13,19,21,23H,6-7,14-18,20H2,1-5H3. The Hall–Kier alpha value is -2.50. The molecule has 36 heavy (non-hydrogen) atoms. The SMILES string of the molecule is CCCCn1c(-c2ccccc2C)nc(Cl)c1C(C)N(CCC(C)C)Cc1ccc2c(c1)OCCO2. The van der Waals surface area contributed by atoms with Crippen LogP contribution in [0.25, 0.3) is 11.4 Å². The van der Waals surface area contributed by atoms with Crippen LogP contribution in [0.15, 0.2) is 42.5 Å². The van der Waals surface area contributed by atoms with Crippen molar-refractivity contribution in [2.24, 2.45) is 5.92 Å². The molecule has 1 aliphatic heterocycles. The zero-order valence-electron chi connectivity index (χ0n) is 22.4. The number of unbranched alkanes of at least 4 members (excludes halogenated alkanes) is 1. The highest BCUT2D eigenvalue weighted by Crippen LogP contribution is 2.36. The number of aryl methyl sites for hydroxylation is 1. The van der Waals surface area contributed by atoms with Crippen LogP contribution in [0, 0.1) is 12.8 Å². The number of ether oxygens (including phenoxy) is 2. The summed E-state index contributed by atoms with van der Waals surface area (Å²) in [5.74, 6) is 3.25. The maximum atomic E-state index is 6.94. The lowest BCUT2D eigenvalue weighted by atomic mass is 10.1. The van der Waals surface area contributed by atoms with Gasteiger partial charge in [0.25, 0.3) is 0 Å². The third-order valence-electron chi connectivity index (χ3n) is 7.01. The van der Waals surface area contributed by atoms with Crippen molar-refractivity contribution in [1.29, 1.82) is 0 Å². The molecule has 2 aromatic carbocycles. The van der Waals surface area contributed by atoms with Gasteiger partial charge in [0, 0.05) is 18.7 Å². The second-order valence-corrected chi connectivity index (χ2v) is 10.6. The van der Waals surface area contributed by atoms with Crippen LogP contribution < -0.4 is 9.47 Å². The van der Waals surface area contributed by atoms with Crippen molar-refractivity contribution in [3.05, 3.63) is 64.4 Å². The second-order valence-electron chi connectivity index (χ2n) is 10.2. The molecule has 0 N–H and O–H groups in total. The summed E-state index contributed by atoms with van der Waals surface area (Å²) in [6, 6.07) is 14.9. The van der Waals surface area contributed by atoms with Gasteiger partial charge in [-0.25, -0.2) is 4.98 Å². The average molecular weight is 510 g/mol. The van der Waals surface area contributed by atoms with Gasteiger partial charge in [0.05, 0.1) is 11.7 Å². The molecule has 0 saturated heterocycles. The Morgan fingerprint density at radius 2 is 1.81 bits per heavy atom. The van der Waals surface area contributed by atoms with E-state index in [0.717, 1.165) is 67.5 Å². The van der Waals surface area contributed by atoms with Gasteiger partial charge in [-0.1, -0.05) is 69.1 Å². The van der Waals surface area contributed by atoms with Crippen LogP contribution in [0.2, 0.25) is 5.15 Å². The van der Waals surface area contributed by atoms with Crippen LogP contribution in [0.3, 0.4) is 0 Å². The Morgan fingerprint density at radius 1 is 1.06 bits per heavy atom. The van der Waals surface area contributed by atoms with Crippen molar-refractivity contribution in [1.82, 2.24) is 14.5 Å². The van der Waals surface area contributed by atoms with Gasteiger partial charge >= 0.3 is 0 Å². The summed E-state index contributed by atoms with van der Waals surface area (Å²) in [5, 5.41) is 0.605. The Bertz CT molecular complexity index is 1160. The first-order valence-corrected chi connectivity index (χ1v) is 13.7. The molecule has 194 valence electrons. The van der Waals surface area contributed by atoms with Crippen molar-refractivity contribution in [2.75, 3.05) is 19.8 Å². The summed E-state index contributed by atoms with van der Waals surface area (Å²) < 4.78 is 14.0. The van der Waals surface area contributed by atoms with Crippen molar-refractivity contribution in [3.8, 4) is 22.9 Å². The Kier molecular flexibility index (Phi) is 8.97. The predicted molar refractivity (Wildman–Crippen MR) is 148 cm³/mol. The number of aromatic nitrogens is 2. The Labute approximate surface area is 221 Å².